The molecule has 0 atom stereocenters. The molecule has 0 saturated heterocycles. The molecular formula is C14H21BrN2O3S. The molecule has 0 aliphatic rings. The average molecular weight is 377 g/mol. The predicted molar refractivity (Wildman–Crippen MR) is 86.7 cm³/mol. The lowest BCUT2D eigenvalue weighted by Crippen LogP contribution is -2.34. The summed E-state index contributed by atoms with van der Waals surface area (Å²) < 4.78 is 23.8. The fourth-order valence-electron chi connectivity index (χ4n) is 2.05. The largest absolute Gasteiger partial charge is 0.339 e. The maximum absolute atomic E-state index is 12.5. The first-order valence-electron chi connectivity index (χ1n) is 6.70. The highest BCUT2D eigenvalue weighted by Crippen LogP contribution is 2.26. The fraction of sp³-hybridized carbons (Fsp3) is 0.500. The molecule has 0 unspecified atom stereocenters. The van der Waals surface area contributed by atoms with E-state index in [2.05, 4.69) is 15.9 Å². The number of nitrogens with two attached hydrogens (primary N) is 1. The zero-order chi connectivity index (χ0) is 16.4. The second-order valence-corrected chi connectivity index (χ2v) is 7.75. The molecule has 1 rings (SSSR count). The Morgan fingerprint density at radius 3 is 2.38 bits per heavy atom. The molecule has 0 heterocycles. The molecule has 0 saturated carbocycles. The number of rotatable bonds is 5. The van der Waals surface area contributed by atoms with Crippen LogP contribution in [0, 0.1) is 12.8 Å². The van der Waals surface area contributed by atoms with Gasteiger partial charge in [0.05, 0.1) is 4.90 Å². The smallest absolute Gasteiger partial charge is 0.253 e. The van der Waals surface area contributed by atoms with E-state index in [1.807, 2.05) is 20.8 Å². The lowest BCUT2D eigenvalue weighted by molar-refractivity contribution is 0.0745. The van der Waals surface area contributed by atoms with E-state index in [1.165, 1.54) is 6.07 Å². The molecule has 1 aromatic carbocycles. The Kier molecular flexibility index (Phi) is 5.95. The molecule has 0 radical (unpaired) electrons. The average Bonchev–Trinajstić information content (AvgIpc) is 2.36. The number of carbonyl (C=O) groups is 1. The van der Waals surface area contributed by atoms with E-state index >= 15 is 0 Å². The first-order chi connectivity index (χ1) is 9.57. The molecule has 0 aliphatic carbocycles. The van der Waals surface area contributed by atoms with Crippen LogP contribution >= 0.6 is 15.9 Å². The fourth-order valence-corrected chi connectivity index (χ4v) is 3.47. The van der Waals surface area contributed by atoms with Gasteiger partial charge in [-0.3, -0.25) is 4.79 Å². The van der Waals surface area contributed by atoms with Gasteiger partial charge in [0.25, 0.3) is 5.91 Å². The normalized spacial score (nSPS) is 11.8. The van der Waals surface area contributed by atoms with E-state index in [-0.39, 0.29) is 10.8 Å². The first-order valence-corrected chi connectivity index (χ1v) is 9.04. The lowest BCUT2D eigenvalue weighted by Gasteiger charge is -2.23. The van der Waals surface area contributed by atoms with Crippen LogP contribution in [-0.4, -0.2) is 32.3 Å². The van der Waals surface area contributed by atoms with Gasteiger partial charge in [-0.05, 0) is 37.5 Å². The minimum atomic E-state index is -3.87. The van der Waals surface area contributed by atoms with Crippen LogP contribution in [-0.2, 0) is 10.0 Å². The highest BCUT2D eigenvalue weighted by Gasteiger charge is 2.21. The van der Waals surface area contributed by atoms with E-state index in [0.717, 1.165) is 0 Å². The summed E-state index contributed by atoms with van der Waals surface area (Å²) >= 11 is 3.29. The Labute approximate surface area is 134 Å². The lowest BCUT2D eigenvalue weighted by atomic mass is 10.1. The van der Waals surface area contributed by atoms with Crippen LogP contribution in [0.2, 0.25) is 0 Å². The number of benzene rings is 1. The van der Waals surface area contributed by atoms with Crippen LogP contribution in [0.15, 0.2) is 21.5 Å². The standard InChI is InChI=1S/C14H21BrN2O3S/c1-5-17(8-9(2)3)14(18)11-6-12(15)10(4)13(7-11)21(16,19)20/h6-7,9H,5,8H2,1-4H3,(H2,16,19,20). The van der Waals surface area contributed by atoms with Gasteiger partial charge < -0.3 is 4.90 Å². The number of amides is 1. The van der Waals surface area contributed by atoms with Gasteiger partial charge in [-0.2, -0.15) is 0 Å². The zero-order valence-electron chi connectivity index (χ0n) is 12.7. The quantitative estimate of drug-likeness (QED) is 0.856. The van der Waals surface area contributed by atoms with E-state index < -0.39 is 10.0 Å². The molecule has 1 aromatic rings. The Balaban J connectivity index is 3.31. The Morgan fingerprint density at radius 2 is 1.95 bits per heavy atom. The number of hydrogen-bond acceptors (Lipinski definition) is 3. The maximum atomic E-state index is 12.5. The molecule has 118 valence electrons. The second-order valence-electron chi connectivity index (χ2n) is 5.36. The van der Waals surface area contributed by atoms with Crippen molar-refractivity contribution < 1.29 is 13.2 Å². The predicted octanol–water partition coefficient (Wildman–Crippen LogP) is 2.52. The highest BCUT2D eigenvalue weighted by atomic mass is 79.9. The number of primary sulfonamides is 1. The number of carbonyl (C=O) groups excluding carboxylic acids is 1. The first kappa shape index (κ1) is 18.1. The molecule has 5 nitrogen and oxygen atoms in total. The van der Waals surface area contributed by atoms with Crippen molar-refractivity contribution in [1.29, 1.82) is 0 Å². The van der Waals surface area contributed by atoms with Crippen molar-refractivity contribution in [2.75, 3.05) is 13.1 Å². The third-order valence-electron chi connectivity index (χ3n) is 3.10. The molecule has 2 N–H and O–H groups in total. The van der Waals surface area contributed by atoms with Crippen LogP contribution in [0.1, 0.15) is 36.7 Å². The van der Waals surface area contributed by atoms with E-state index in [9.17, 15) is 13.2 Å². The minimum absolute atomic E-state index is 0.0270. The molecule has 0 fully saturated rings. The van der Waals surface area contributed by atoms with Crippen molar-refractivity contribution >= 4 is 31.9 Å². The van der Waals surface area contributed by atoms with Crippen molar-refractivity contribution in [3.8, 4) is 0 Å². The summed E-state index contributed by atoms with van der Waals surface area (Å²) in [6.45, 7) is 8.76. The van der Waals surface area contributed by atoms with Crippen molar-refractivity contribution in [2.24, 2.45) is 11.1 Å². The van der Waals surface area contributed by atoms with Crippen molar-refractivity contribution in [1.82, 2.24) is 4.90 Å². The SMILES string of the molecule is CCN(CC(C)C)C(=O)c1cc(Br)c(C)c(S(N)(=O)=O)c1. The third-order valence-corrected chi connectivity index (χ3v) is 4.97. The van der Waals surface area contributed by atoms with Gasteiger partial charge >= 0.3 is 0 Å². The number of nitrogens with zero attached hydrogens (tertiary/aromatic N) is 1. The summed E-state index contributed by atoms with van der Waals surface area (Å²) in [5.41, 5.74) is 0.819. The topological polar surface area (TPSA) is 80.5 Å². The molecule has 0 aliphatic heterocycles. The van der Waals surface area contributed by atoms with Gasteiger partial charge in [-0.1, -0.05) is 29.8 Å². The van der Waals surface area contributed by atoms with Crippen molar-refractivity contribution in [2.45, 2.75) is 32.6 Å². The van der Waals surface area contributed by atoms with Crippen LogP contribution in [0.3, 0.4) is 0 Å². The maximum Gasteiger partial charge on any atom is 0.253 e. The van der Waals surface area contributed by atoms with Crippen LogP contribution in [0.25, 0.3) is 0 Å². The summed E-state index contributed by atoms with van der Waals surface area (Å²) in [5, 5.41) is 5.21. The minimum Gasteiger partial charge on any atom is -0.339 e. The van der Waals surface area contributed by atoms with Gasteiger partial charge in [0, 0.05) is 23.1 Å². The molecule has 0 spiro atoms. The molecule has 1 amide bonds. The summed E-state index contributed by atoms with van der Waals surface area (Å²) in [6.07, 6.45) is 0. The summed E-state index contributed by atoms with van der Waals surface area (Å²) in [7, 11) is -3.87. The Bertz CT molecular complexity index is 642. The van der Waals surface area contributed by atoms with Crippen molar-refractivity contribution in [3.63, 3.8) is 0 Å². The van der Waals surface area contributed by atoms with Gasteiger partial charge in [0.2, 0.25) is 10.0 Å². The molecule has 21 heavy (non-hydrogen) atoms. The molecule has 0 bridgehead atoms. The Morgan fingerprint density at radius 1 is 1.38 bits per heavy atom. The Hall–Kier alpha value is -0.920. The summed E-state index contributed by atoms with van der Waals surface area (Å²) in [6, 6.07) is 2.98. The van der Waals surface area contributed by atoms with Crippen LogP contribution in [0.4, 0.5) is 0 Å². The third kappa shape index (κ3) is 4.52. The summed E-state index contributed by atoms with van der Waals surface area (Å²) in [5.74, 6) is 0.136. The second kappa shape index (κ2) is 6.89. The van der Waals surface area contributed by atoms with Gasteiger partial charge in [0.1, 0.15) is 0 Å². The van der Waals surface area contributed by atoms with Crippen LogP contribution in [0.5, 0.6) is 0 Å². The molecule has 7 heteroatoms. The van der Waals surface area contributed by atoms with Gasteiger partial charge in [-0.15, -0.1) is 0 Å². The van der Waals surface area contributed by atoms with Gasteiger partial charge in [0.15, 0.2) is 0 Å². The van der Waals surface area contributed by atoms with Crippen molar-refractivity contribution in [3.05, 3.63) is 27.7 Å². The zero-order valence-corrected chi connectivity index (χ0v) is 15.1. The monoisotopic (exact) mass is 376 g/mol. The van der Waals surface area contributed by atoms with Crippen LogP contribution < -0.4 is 5.14 Å². The van der Waals surface area contributed by atoms with E-state index in [4.69, 9.17) is 5.14 Å². The molecular weight excluding hydrogens is 356 g/mol. The number of sulfonamides is 1. The summed E-state index contributed by atoms with van der Waals surface area (Å²) in [4.78, 5) is 14.2. The van der Waals surface area contributed by atoms with E-state index in [1.54, 1.807) is 17.9 Å². The number of halogens is 1. The van der Waals surface area contributed by atoms with E-state index in [0.29, 0.717) is 34.6 Å². The molecule has 0 aromatic heterocycles. The van der Waals surface area contributed by atoms with Gasteiger partial charge in [-0.25, -0.2) is 13.6 Å². The highest BCUT2D eigenvalue weighted by molar-refractivity contribution is 9.10. The number of hydrogen-bond donors (Lipinski definition) is 1.